The lowest BCUT2D eigenvalue weighted by atomic mass is 10.4. The zero-order valence-electron chi connectivity index (χ0n) is 8.75. The monoisotopic (exact) mass is 233 g/mol. The molecule has 5 nitrogen and oxygen atoms in total. The third kappa shape index (κ3) is 2.80. The SMILES string of the molecule is CC(CO)S(=O)(=O)N(C)Cc1ccco1. The van der Waals surface area contributed by atoms with Gasteiger partial charge < -0.3 is 9.52 Å². The molecule has 0 radical (unpaired) electrons. The minimum atomic E-state index is -3.44. The van der Waals surface area contributed by atoms with Crippen LogP contribution in [-0.2, 0) is 16.6 Å². The van der Waals surface area contributed by atoms with E-state index in [1.807, 2.05) is 0 Å². The van der Waals surface area contributed by atoms with Crippen molar-refractivity contribution in [3.63, 3.8) is 0 Å². The summed E-state index contributed by atoms with van der Waals surface area (Å²) < 4.78 is 29.6. The second-order valence-electron chi connectivity index (χ2n) is 3.37. The van der Waals surface area contributed by atoms with Gasteiger partial charge in [0.25, 0.3) is 0 Å². The molecule has 0 fully saturated rings. The van der Waals surface area contributed by atoms with Crippen LogP contribution in [-0.4, -0.2) is 36.7 Å². The van der Waals surface area contributed by atoms with Gasteiger partial charge in [-0.25, -0.2) is 8.42 Å². The summed E-state index contributed by atoms with van der Waals surface area (Å²) in [6.45, 7) is 1.26. The highest BCUT2D eigenvalue weighted by atomic mass is 32.2. The van der Waals surface area contributed by atoms with E-state index in [4.69, 9.17) is 9.52 Å². The molecule has 0 aliphatic rings. The van der Waals surface area contributed by atoms with Gasteiger partial charge in [-0.15, -0.1) is 0 Å². The van der Waals surface area contributed by atoms with Gasteiger partial charge in [0.15, 0.2) is 0 Å². The number of sulfonamides is 1. The third-order valence-corrected chi connectivity index (χ3v) is 4.32. The fourth-order valence-corrected chi connectivity index (χ4v) is 2.22. The Morgan fingerprint density at radius 1 is 1.60 bits per heavy atom. The summed E-state index contributed by atoms with van der Waals surface area (Å²) in [6.07, 6.45) is 1.49. The molecule has 1 rings (SSSR count). The van der Waals surface area contributed by atoms with Crippen LogP contribution in [0.1, 0.15) is 12.7 Å². The Balaban J connectivity index is 2.72. The molecule has 0 saturated carbocycles. The van der Waals surface area contributed by atoms with Gasteiger partial charge in [-0.1, -0.05) is 0 Å². The van der Waals surface area contributed by atoms with E-state index in [0.717, 1.165) is 0 Å². The summed E-state index contributed by atoms with van der Waals surface area (Å²) in [4.78, 5) is 0. The lowest BCUT2D eigenvalue weighted by molar-refractivity contribution is 0.289. The maximum atomic E-state index is 11.7. The largest absolute Gasteiger partial charge is 0.468 e. The van der Waals surface area contributed by atoms with Crippen LogP contribution in [0.4, 0.5) is 0 Å². The van der Waals surface area contributed by atoms with Crippen molar-refractivity contribution in [2.24, 2.45) is 0 Å². The van der Waals surface area contributed by atoms with Crippen molar-refractivity contribution >= 4 is 10.0 Å². The number of hydrogen-bond donors (Lipinski definition) is 1. The molecule has 1 N–H and O–H groups in total. The average molecular weight is 233 g/mol. The minimum Gasteiger partial charge on any atom is -0.468 e. The summed E-state index contributed by atoms with van der Waals surface area (Å²) in [5.74, 6) is 0.575. The van der Waals surface area contributed by atoms with E-state index in [-0.39, 0.29) is 13.2 Å². The molecule has 0 amide bonds. The molecular formula is C9H15NO4S. The fraction of sp³-hybridized carbons (Fsp3) is 0.556. The van der Waals surface area contributed by atoms with Gasteiger partial charge in [0.2, 0.25) is 10.0 Å². The van der Waals surface area contributed by atoms with Gasteiger partial charge in [-0.2, -0.15) is 4.31 Å². The smallest absolute Gasteiger partial charge is 0.219 e. The van der Waals surface area contributed by atoms with E-state index in [0.29, 0.717) is 5.76 Å². The van der Waals surface area contributed by atoms with Crippen LogP contribution in [0.3, 0.4) is 0 Å². The van der Waals surface area contributed by atoms with Gasteiger partial charge in [-0.05, 0) is 19.1 Å². The van der Waals surface area contributed by atoms with Gasteiger partial charge in [0, 0.05) is 7.05 Å². The molecule has 1 aromatic heterocycles. The predicted octanol–water partition coefficient (Wildman–Crippen LogP) is 0.422. The molecule has 0 spiro atoms. The molecule has 1 atom stereocenters. The molecule has 86 valence electrons. The van der Waals surface area contributed by atoms with Gasteiger partial charge in [-0.3, -0.25) is 0 Å². The molecule has 0 aliphatic heterocycles. The van der Waals surface area contributed by atoms with Crippen molar-refractivity contribution in [1.82, 2.24) is 4.31 Å². The molecule has 15 heavy (non-hydrogen) atoms. The normalized spacial score (nSPS) is 14.4. The summed E-state index contributed by atoms with van der Waals surface area (Å²) >= 11 is 0. The molecule has 0 aromatic carbocycles. The maximum absolute atomic E-state index is 11.7. The maximum Gasteiger partial charge on any atom is 0.219 e. The molecular weight excluding hydrogens is 218 g/mol. The zero-order valence-corrected chi connectivity index (χ0v) is 9.57. The van der Waals surface area contributed by atoms with Gasteiger partial charge >= 0.3 is 0 Å². The molecule has 1 heterocycles. The molecule has 0 bridgehead atoms. The quantitative estimate of drug-likeness (QED) is 0.800. The van der Waals surface area contributed by atoms with Crippen LogP contribution < -0.4 is 0 Å². The zero-order chi connectivity index (χ0) is 11.5. The topological polar surface area (TPSA) is 70.8 Å². The van der Waals surface area contributed by atoms with Gasteiger partial charge in [0.05, 0.1) is 24.7 Å². The Morgan fingerprint density at radius 2 is 2.27 bits per heavy atom. The molecule has 6 heteroatoms. The van der Waals surface area contributed by atoms with Crippen LogP contribution in [0.5, 0.6) is 0 Å². The molecule has 1 aromatic rings. The Hall–Kier alpha value is -0.850. The Morgan fingerprint density at radius 3 is 2.73 bits per heavy atom. The van der Waals surface area contributed by atoms with Crippen molar-refractivity contribution in [1.29, 1.82) is 0 Å². The molecule has 0 saturated heterocycles. The first-order chi connectivity index (χ1) is 6.98. The van der Waals surface area contributed by atoms with Gasteiger partial charge in [0.1, 0.15) is 5.76 Å². The van der Waals surface area contributed by atoms with Crippen LogP contribution in [0.15, 0.2) is 22.8 Å². The number of furan rings is 1. The molecule has 0 aliphatic carbocycles. The highest BCUT2D eigenvalue weighted by molar-refractivity contribution is 7.89. The Kier molecular flexibility index (Phi) is 3.90. The lowest BCUT2D eigenvalue weighted by Crippen LogP contribution is -2.35. The number of hydrogen-bond acceptors (Lipinski definition) is 4. The number of nitrogens with zero attached hydrogens (tertiary/aromatic N) is 1. The van der Waals surface area contributed by atoms with E-state index < -0.39 is 15.3 Å². The first kappa shape index (κ1) is 12.2. The van der Waals surface area contributed by atoms with Crippen LogP contribution in [0.2, 0.25) is 0 Å². The second-order valence-corrected chi connectivity index (χ2v) is 5.83. The standard InChI is InChI=1S/C9H15NO4S/c1-8(7-11)15(12,13)10(2)6-9-4-3-5-14-9/h3-5,8,11H,6-7H2,1-2H3. The fourth-order valence-electron chi connectivity index (χ4n) is 1.11. The highest BCUT2D eigenvalue weighted by Crippen LogP contribution is 2.11. The van der Waals surface area contributed by atoms with Crippen LogP contribution >= 0.6 is 0 Å². The Bertz CT molecular complexity index is 384. The third-order valence-electron chi connectivity index (χ3n) is 2.16. The summed E-state index contributed by atoms with van der Waals surface area (Å²) in [5.41, 5.74) is 0. The van der Waals surface area contributed by atoms with Crippen molar-refractivity contribution in [3.8, 4) is 0 Å². The number of rotatable bonds is 5. The predicted molar refractivity (Wildman–Crippen MR) is 55.6 cm³/mol. The highest BCUT2D eigenvalue weighted by Gasteiger charge is 2.25. The van der Waals surface area contributed by atoms with Crippen molar-refractivity contribution < 1.29 is 17.9 Å². The van der Waals surface area contributed by atoms with E-state index in [2.05, 4.69) is 0 Å². The van der Waals surface area contributed by atoms with Crippen molar-refractivity contribution in [2.45, 2.75) is 18.7 Å². The first-order valence-corrected chi connectivity index (χ1v) is 6.07. The van der Waals surface area contributed by atoms with Crippen molar-refractivity contribution in [2.75, 3.05) is 13.7 Å². The minimum absolute atomic E-state index is 0.180. The Labute approximate surface area is 89.4 Å². The second kappa shape index (κ2) is 4.78. The summed E-state index contributed by atoms with van der Waals surface area (Å²) in [6, 6.07) is 3.40. The van der Waals surface area contributed by atoms with E-state index >= 15 is 0 Å². The first-order valence-electron chi connectivity index (χ1n) is 4.57. The molecule has 1 unspecified atom stereocenters. The number of aliphatic hydroxyl groups excluding tert-OH is 1. The van der Waals surface area contributed by atoms with Crippen molar-refractivity contribution in [3.05, 3.63) is 24.2 Å². The number of aliphatic hydroxyl groups is 1. The van der Waals surface area contributed by atoms with E-state index in [1.165, 1.54) is 24.5 Å². The van der Waals surface area contributed by atoms with E-state index in [1.54, 1.807) is 12.1 Å². The van der Waals surface area contributed by atoms with E-state index in [9.17, 15) is 8.42 Å². The summed E-state index contributed by atoms with van der Waals surface area (Å²) in [7, 11) is -1.98. The van der Waals surface area contributed by atoms with Crippen LogP contribution in [0, 0.1) is 0 Å². The van der Waals surface area contributed by atoms with Crippen LogP contribution in [0.25, 0.3) is 0 Å². The lowest BCUT2D eigenvalue weighted by Gasteiger charge is -2.19. The average Bonchev–Trinajstić information content (AvgIpc) is 2.68. The summed E-state index contributed by atoms with van der Waals surface area (Å²) in [5, 5.41) is 8.02.